The van der Waals surface area contributed by atoms with Gasteiger partial charge in [0.1, 0.15) is 41.2 Å². The third-order valence-corrected chi connectivity index (χ3v) is 6.30. The van der Waals surface area contributed by atoms with Crippen LogP contribution >= 0.6 is 0 Å². The summed E-state index contributed by atoms with van der Waals surface area (Å²) in [6.45, 7) is 4.28. The molecule has 7 nitrogen and oxygen atoms in total. The quantitative estimate of drug-likeness (QED) is 0.204. The zero-order chi connectivity index (χ0) is 28.1. The molecule has 0 saturated heterocycles. The Morgan fingerprint density at radius 3 is 2.40 bits per heavy atom. The molecule has 0 aliphatic carbocycles. The largest absolute Gasteiger partial charge is 0.491 e. The van der Waals surface area contributed by atoms with E-state index in [1.54, 1.807) is 42.5 Å². The van der Waals surface area contributed by atoms with Crippen LogP contribution in [0.2, 0.25) is 0 Å². The highest BCUT2D eigenvalue weighted by Crippen LogP contribution is 2.44. The predicted molar refractivity (Wildman–Crippen MR) is 150 cm³/mol. The molecule has 0 amide bonds. The molecule has 5 rings (SSSR count). The molecule has 200 valence electrons. The fourth-order valence-corrected chi connectivity index (χ4v) is 4.47. The lowest BCUT2D eigenvalue weighted by atomic mass is 9.83. The predicted octanol–water partition coefficient (Wildman–Crippen LogP) is 6.49. The second-order valence-electron chi connectivity index (χ2n) is 9.55. The van der Waals surface area contributed by atoms with Gasteiger partial charge in [0.2, 0.25) is 5.88 Å². The SMILES string of the molecule is CC(C)Oc1ccc(C(=O)Oc2ccc3c(c2)OC(N)=C(C#N)C3c2cccc(OCc3ccccc3)c2)cc1. The standard InChI is InChI=1S/C33H28N2O5/c1-21(2)38-25-13-11-23(12-14-25)33(36)39-27-15-16-28-30(18-27)40-32(35)29(19-34)31(28)24-9-6-10-26(17-24)37-20-22-7-4-3-5-8-22/h3-18,21,31H,20,35H2,1-2H3. The Balaban J connectivity index is 1.38. The number of nitriles is 1. The minimum atomic E-state index is -0.520. The van der Waals surface area contributed by atoms with Gasteiger partial charge in [0.05, 0.1) is 17.6 Å². The summed E-state index contributed by atoms with van der Waals surface area (Å²) in [5.41, 5.74) is 9.45. The molecule has 1 atom stereocenters. The molecule has 1 aliphatic heterocycles. The summed E-state index contributed by atoms with van der Waals surface area (Å²) in [4.78, 5) is 12.8. The van der Waals surface area contributed by atoms with Crippen molar-refractivity contribution in [1.82, 2.24) is 0 Å². The van der Waals surface area contributed by atoms with E-state index in [2.05, 4.69) is 6.07 Å². The molecule has 4 aromatic rings. The van der Waals surface area contributed by atoms with Gasteiger partial charge in [-0.3, -0.25) is 0 Å². The van der Waals surface area contributed by atoms with Crippen molar-refractivity contribution in [3.63, 3.8) is 0 Å². The average Bonchev–Trinajstić information content (AvgIpc) is 2.96. The lowest BCUT2D eigenvalue weighted by Crippen LogP contribution is -2.21. The first-order valence-corrected chi connectivity index (χ1v) is 12.9. The summed E-state index contributed by atoms with van der Waals surface area (Å²) in [5, 5.41) is 9.93. The van der Waals surface area contributed by atoms with Gasteiger partial charge in [-0.25, -0.2) is 4.79 Å². The number of ether oxygens (including phenoxy) is 4. The first kappa shape index (κ1) is 26.4. The van der Waals surface area contributed by atoms with Crippen molar-refractivity contribution in [3.05, 3.63) is 131 Å². The fraction of sp³-hybridized carbons (Fsp3) is 0.152. The Bertz CT molecular complexity index is 1590. The summed E-state index contributed by atoms with van der Waals surface area (Å²) in [5.74, 6) is 1.03. The number of carbonyl (C=O) groups excluding carboxylic acids is 1. The van der Waals surface area contributed by atoms with Crippen LogP contribution in [0.25, 0.3) is 0 Å². The van der Waals surface area contributed by atoms with Gasteiger partial charge in [0, 0.05) is 11.6 Å². The first-order valence-electron chi connectivity index (χ1n) is 12.9. The van der Waals surface area contributed by atoms with E-state index >= 15 is 0 Å². The Morgan fingerprint density at radius 1 is 0.925 bits per heavy atom. The van der Waals surface area contributed by atoms with Gasteiger partial charge in [-0.1, -0.05) is 48.5 Å². The maximum atomic E-state index is 12.8. The molecule has 1 unspecified atom stereocenters. The molecular formula is C33H28N2O5. The van der Waals surface area contributed by atoms with Crippen LogP contribution in [-0.4, -0.2) is 12.1 Å². The van der Waals surface area contributed by atoms with E-state index in [0.717, 1.165) is 16.7 Å². The summed E-state index contributed by atoms with van der Waals surface area (Å²) in [6.07, 6.45) is 0.0319. The number of carbonyl (C=O) groups is 1. The average molecular weight is 533 g/mol. The fourth-order valence-electron chi connectivity index (χ4n) is 4.47. The molecule has 0 saturated carbocycles. The van der Waals surface area contributed by atoms with Crippen molar-refractivity contribution in [2.24, 2.45) is 5.73 Å². The Labute approximate surface area is 233 Å². The van der Waals surface area contributed by atoms with Gasteiger partial charge in [-0.15, -0.1) is 0 Å². The van der Waals surface area contributed by atoms with Crippen molar-refractivity contribution in [3.8, 4) is 29.1 Å². The number of nitrogens with two attached hydrogens (primary N) is 1. The maximum Gasteiger partial charge on any atom is 0.343 e. The van der Waals surface area contributed by atoms with E-state index in [9.17, 15) is 10.1 Å². The number of hydrogen-bond acceptors (Lipinski definition) is 7. The van der Waals surface area contributed by atoms with Crippen LogP contribution in [0.1, 0.15) is 46.8 Å². The molecule has 0 aromatic heterocycles. The molecule has 1 heterocycles. The van der Waals surface area contributed by atoms with Crippen molar-refractivity contribution < 1.29 is 23.7 Å². The third kappa shape index (κ3) is 5.92. The molecule has 0 spiro atoms. The minimum absolute atomic E-state index is 0.000162. The normalized spacial score (nSPS) is 14.1. The van der Waals surface area contributed by atoms with Gasteiger partial charge in [-0.2, -0.15) is 5.26 Å². The minimum Gasteiger partial charge on any atom is -0.491 e. The highest BCUT2D eigenvalue weighted by atomic mass is 16.5. The van der Waals surface area contributed by atoms with Crippen LogP contribution in [0.4, 0.5) is 0 Å². The maximum absolute atomic E-state index is 12.8. The summed E-state index contributed by atoms with van der Waals surface area (Å²) < 4.78 is 23.0. The molecule has 1 aliphatic rings. The van der Waals surface area contributed by atoms with E-state index < -0.39 is 11.9 Å². The third-order valence-electron chi connectivity index (χ3n) is 6.30. The number of hydrogen-bond donors (Lipinski definition) is 1. The smallest absolute Gasteiger partial charge is 0.343 e. The van der Waals surface area contributed by atoms with Gasteiger partial charge in [0.15, 0.2) is 0 Å². The molecular weight excluding hydrogens is 504 g/mol. The number of benzene rings is 4. The van der Waals surface area contributed by atoms with Crippen molar-refractivity contribution >= 4 is 5.97 Å². The monoisotopic (exact) mass is 532 g/mol. The molecule has 0 fully saturated rings. The second-order valence-corrected chi connectivity index (χ2v) is 9.55. The lowest BCUT2D eigenvalue weighted by Gasteiger charge is -2.27. The zero-order valence-electron chi connectivity index (χ0n) is 22.2. The Hall–Kier alpha value is -5.22. The molecule has 7 heteroatoms. The van der Waals surface area contributed by atoms with Crippen LogP contribution in [0, 0.1) is 11.3 Å². The number of nitrogens with zero attached hydrogens (tertiary/aromatic N) is 1. The van der Waals surface area contributed by atoms with E-state index in [1.807, 2.05) is 68.4 Å². The van der Waals surface area contributed by atoms with Gasteiger partial charge in [-0.05, 0) is 67.4 Å². The summed E-state index contributed by atoms with van der Waals surface area (Å²) in [6, 6.07) is 31.5. The number of allylic oxidation sites excluding steroid dienone is 1. The number of esters is 1. The summed E-state index contributed by atoms with van der Waals surface area (Å²) in [7, 11) is 0. The number of rotatable bonds is 8. The topological polar surface area (TPSA) is 104 Å². The Morgan fingerprint density at radius 2 is 1.68 bits per heavy atom. The van der Waals surface area contributed by atoms with Crippen molar-refractivity contribution in [2.75, 3.05) is 0 Å². The van der Waals surface area contributed by atoms with Gasteiger partial charge in [0.25, 0.3) is 0 Å². The van der Waals surface area contributed by atoms with Crippen LogP contribution in [-0.2, 0) is 6.61 Å². The zero-order valence-corrected chi connectivity index (χ0v) is 22.2. The number of fused-ring (bicyclic) bond motifs is 1. The molecule has 4 aromatic carbocycles. The molecule has 0 radical (unpaired) electrons. The van der Waals surface area contributed by atoms with Crippen LogP contribution in [0.3, 0.4) is 0 Å². The lowest BCUT2D eigenvalue weighted by molar-refractivity contribution is 0.0734. The first-order chi connectivity index (χ1) is 19.4. The van der Waals surface area contributed by atoms with E-state index in [0.29, 0.717) is 35.0 Å². The van der Waals surface area contributed by atoms with Crippen LogP contribution in [0.5, 0.6) is 23.0 Å². The Kier molecular flexibility index (Phi) is 7.70. The van der Waals surface area contributed by atoms with Gasteiger partial charge >= 0.3 is 5.97 Å². The summed E-state index contributed by atoms with van der Waals surface area (Å²) >= 11 is 0. The highest BCUT2D eigenvalue weighted by molar-refractivity contribution is 5.91. The van der Waals surface area contributed by atoms with Crippen molar-refractivity contribution in [2.45, 2.75) is 32.5 Å². The van der Waals surface area contributed by atoms with E-state index in [4.69, 9.17) is 24.7 Å². The highest BCUT2D eigenvalue weighted by Gasteiger charge is 2.31. The molecule has 2 N–H and O–H groups in total. The molecule has 40 heavy (non-hydrogen) atoms. The van der Waals surface area contributed by atoms with E-state index in [1.165, 1.54) is 0 Å². The van der Waals surface area contributed by atoms with Crippen molar-refractivity contribution in [1.29, 1.82) is 5.26 Å². The van der Waals surface area contributed by atoms with Crippen LogP contribution < -0.4 is 24.7 Å². The van der Waals surface area contributed by atoms with E-state index in [-0.39, 0.29) is 17.7 Å². The van der Waals surface area contributed by atoms with Gasteiger partial charge < -0.3 is 24.7 Å². The van der Waals surface area contributed by atoms with Crippen LogP contribution in [0.15, 0.2) is 109 Å². The second kappa shape index (κ2) is 11.7. The molecule has 0 bridgehead atoms.